The molecule has 0 saturated heterocycles. The maximum absolute atomic E-state index is 5.40. The summed E-state index contributed by atoms with van der Waals surface area (Å²) >= 11 is 0. The van der Waals surface area contributed by atoms with Crippen molar-refractivity contribution in [3.05, 3.63) is 36.3 Å². The van der Waals surface area contributed by atoms with Gasteiger partial charge in [0.25, 0.3) is 0 Å². The summed E-state index contributed by atoms with van der Waals surface area (Å²) in [6, 6.07) is 1.96. The van der Waals surface area contributed by atoms with Gasteiger partial charge in [0.05, 0.1) is 0 Å². The summed E-state index contributed by atoms with van der Waals surface area (Å²) in [4.78, 5) is 0. The first-order chi connectivity index (χ1) is 5.15. The predicted molar refractivity (Wildman–Crippen MR) is 48.2 cm³/mol. The van der Waals surface area contributed by atoms with Crippen LogP contribution in [0.3, 0.4) is 0 Å². The fraction of sp³-hybridized carbons (Fsp3) is 0.200. The Kier molecular flexibility index (Phi) is 1.99. The zero-order valence-corrected chi connectivity index (χ0v) is 6.98. The molecule has 1 heteroatoms. The topological polar surface area (TPSA) is 13.1 Å². The molecule has 0 amide bonds. The van der Waals surface area contributed by atoms with E-state index in [0.29, 0.717) is 0 Å². The molecule has 0 aromatic carbocycles. The summed E-state index contributed by atoms with van der Waals surface area (Å²) < 4.78 is 5.40. The Morgan fingerprint density at radius 2 is 2.27 bits per heavy atom. The first-order valence-electron chi connectivity index (χ1n) is 3.54. The largest absolute Gasteiger partial charge is 0.461 e. The summed E-state index contributed by atoms with van der Waals surface area (Å²) in [5.74, 6) is 1.75. The molecule has 0 radical (unpaired) electrons. The van der Waals surface area contributed by atoms with Gasteiger partial charge < -0.3 is 4.42 Å². The zero-order valence-electron chi connectivity index (χ0n) is 6.98. The molecule has 0 aliphatic heterocycles. The molecule has 0 atom stereocenters. The highest BCUT2D eigenvalue weighted by Crippen LogP contribution is 2.22. The first-order valence-corrected chi connectivity index (χ1v) is 3.54. The van der Waals surface area contributed by atoms with Crippen LogP contribution in [0.15, 0.2) is 23.6 Å². The Morgan fingerprint density at radius 1 is 1.64 bits per heavy atom. The van der Waals surface area contributed by atoms with E-state index in [4.69, 9.17) is 4.42 Å². The van der Waals surface area contributed by atoms with Crippen LogP contribution in [-0.4, -0.2) is 0 Å². The van der Waals surface area contributed by atoms with Gasteiger partial charge >= 0.3 is 0 Å². The van der Waals surface area contributed by atoms with Gasteiger partial charge in [0, 0.05) is 5.56 Å². The number of rotatable bonds is 2. The van der Waals surface area contributed by atoms with Crippen molar-refractivity contribution in [1.82, 2.24) is 0 Å². The number of hydrogen-bond donors (Lipinski definition) is 0. The van der Waals surface area contributed by atoms with Crippen molar-refractivity contribution in [3.8, 4) is 0 Å². The average molecular weight is 148 g/mol. The van der Waals surface area contributed by atoms with Crippen LogP contribution < -0.4 is 0 Å². The third-order valence-corrected chi connectivity index (χ3v) is 1.49. The standard InChI is InChI=1S/C10H12O/c1-5-9-6-8(4)11-10(9)7(2)3/h5-6H,1-2H2,3-4H3. The summed E-state index contributed by atoms with van der Waals surface area (Å²) in [7, 11) is 0. The second-order valence-electron chi connectivity index (χ2n) is 2.63. The van der Waals surface area contributed by atoms with Crippen molar-refractivity contribution in [2.24, 2.45) is 0 Å². The number of hydrogen-bond acceptors (Lipinski definition) is 1. The van der Waals surface area contributed by atoms with E-state index in [1.54, 1.807) is 6.08 Å². The Labute approximate surface area is 67.0 Å². The Balaban J connectivity index is 3.22. The molecule has 0 aliphatic carbocycles. The molecule has 0 fully saturated rings. The lowest BCUT2D eigenvalue weighted by Crippen LogP contribution is -1.74. The van der Waals surface area contributed by atoms with E-state index in [0.717, 1.165) is 22.7 Å². The maximum Gasteiger partial charge on any atom is 0.136 e. The quantitative estimate of drug-likeness (QED) is 0.627. The van der Waals surface area contributed by atoms with Crippen molar-refractivity contribution in [1.29, 1.82) is 0 Å². The second kappa shape index (κ2) is 2.79. The van der Waals surface area contributed by atoms with Gasteiger partial charge in [0.15, 0.2) is 0 Å². The molecule has 0 spiro atoms. The van der Waals surface area contributed by atoms with Gasteiger partial charge in [0.1, 0.15) is 11.5 Å². The van der Waals surface area contributed by atoms with Gasteiger partial charge in [-0.1, -0.05) is 19.2 Å². The second-order valence-corrected chi connectivity index (χ2v) is 2.63. The number of aryl methyl sites for hydroxylation is 1. The van der Waals surface area contributed by atoms with Crippen LogP contribution in [0.5, 0.6) is 0 Å². The fourth-order valence-electron chi connectivity index (χ4n) is 1.02. The predicted octanol–water partition coefficient (Wildman–Crippen LogP) is 3.26. The van der Waals surface area contributed by atoms with E-state index < -0.39 is 0 Å². The van der Waals surface area contributed by atoms with Gasteiger partial charge in [0.2, 0.25) is 0 Å². The van der Waals surface area contributed by atoms with Crippen LogP contribution in [0.2, 0.25) is 0 Å². The minimum absolute atomic E-state index is 0.845. The third kappa shape index (κ3) is 1.43. The van der Waals surface area contributed by atoms with Crippen molar-refractivity contribution in [3.63, 3.8) is 0 Å². The molecule has 1 heterocycles. The Morgan fingerprint density at radius 3 is 2.64 bits per heavy atom. The molecule has 0 bridgehead atoms. The number of furan rings is 1. The minimum atomic E-state index is 0.845. The van der Waals surface area contributed by atoms with Crippen molar-refractivity contribution < 1.29 is 4.42 Å². The normalized spacial score (nSPS) is 9.64. The van der Waals surface area contributed by atoms with Crippen molar-refractivity contribution in [2.75, 3.05) is 0 Å². The van der Waals surface area contributed by atoms with E-state index in [1.165, 1.54) is 0 Å². The van der Waals surface area contributed by atoms with E-state index in [9.17, 15) is 0 Å². The average Bonchev–Trinajstić information content (AvgIpc) is 2.30. The maximum atomic E-state index is 5.40. The molecule has 1 rings (SSSR count). The first kappa shape index (κ1) is 7.86. The summed E-state index contributed by atoms with van der Waals surface area (Å²) in [5.41, 5.74) is 1.96. The molecule has 1 aromatic rings. The fourth-order valence-corrected chi connectivity index (χ4v) is 1.02. The smallest absolute Gasteiger partial charge is 0.136 e. The molecule has 58 valence electrons. The number of allylic oxidation sites excluding steroid dienone is 1. The SMILES string of the molecule is C=Cc1cc(C)oc1C(=C)C. The van der Waals surface area contributed by atoms with Crippen LogP contribution in [-0.2, 0) is 0 Å². The van der Waals surface area contributed by atoms with Gasteiger partial charge in [-0.15, -0.1) is 0 Å². The molecular weight excluding hydrogens is 136 g/mol. The highest BCUT2D eigenvalue weighted by atomic mass is 16.3. The van der Waals surface area contributed by atoms with Gasteiger partial charge in [-0.3, -0.25) is 0 Å². The van der Waals surface area contributed by atoms with Crippen molar-refractivity contribution >= 4 is 11.6 Å². The van der Waals surface area contributed by atoms with Crippen LogP contribution in [0.4, 0.5) is 0 Å². The van der Waals surface area contributed by atoms with Gasteiger partial charge in [-0.25, -0.2) is 0 Å². The summed E-state index contributed by atoms with van der Waals surface area (Å²) in [6.07, 6.45) is 1.78. The van der Waals surface area contributed by atoms with Gasteiger partial charge in [-0.05, 0) is 25.5 Å². The van der Waals surface area contributed by atoms with E-state index in [1.807, 2.05) is 19.9 Å². The summed E-state index contributed by atoms with van der Waals surface area (Å²) in [6.45, 7) is 11.3. The molecule has 0 saturated carbocycles. The minimum Gasteiger partial charge on any atom is -0.461 e. The van der Waals surface area contributed by atoms with E-state index in [-0.39, 0.29) is 0 Å². The van der Waals surface area contributed by atoms with E-state index in [2.05, 4.69) is 13.2 Å². The Bertz CT molecular complexity index is 292. The monoisotopic (exact) mass is 148 g/mol. The Hall–Kier alpha value is -1.24. The third-order valence-electron chi connectivity index (χ3n) is 1.49. The highest BCUT2D eigenvalue weighted by molar-refractivity contribution is 5.67. The lowest BCUT2D eigenvalue weighted by atomic mass is 10.1. The summed E-state index contributed by atoms with van der Waals surface area (Å²) in [5, 5.41) is 0. The van der Waals surface area contributed by atoms with Crippen LogP contribution in [0.25, 0.3) is 11.6 Å². The van der Waals surface area contributed by atoms with Gasteiger partial charge in [-0.2, -0.15) is 0 Å². The van der Waals surface area contributed by atoms with Crippen LogP contribution >= 0.6 is 0 Å². The van der Waals surface area contributed by atoms with Crippen LogP contribution in [0, 0.1) is 6.92 Å². The highest BCUT2D eigenvalue weighted by Gasteiger charge is 2.05. The zero-order chi connectivity index (χ0) is 8.43. The lowest BCUT2D eigenvalue weighted by molar-refractivity contribution is 0.521. The molecule has 1 aromatic heterocycles. The molecule has 0 unspecified atom stereocenters. The molecular formula is C10H12O. The lowest BCUT2D eigenvalue weighted by Gasteiger charge is -1.93. The molecule has 0 aliphatic rings. The van der Waals surface area contributed by atoms with Crippen LogP contribution in [0.1, 0.15) is 24.0 Å². The van der Waals surface area contributed by atoms with Crippen molar-refractivity contribution in [2.45, 2.75) is 13.8 Å². The molecule has 11 heavy (non-hydrogen) atoms. The molecule has 0 N–H and O–H groups in total. The molecule has 1 nitrogen and oxygen atoms in total. The van der Waals surface area contributed by atoms with E-state index >= 15 is 0 Å².